The van der Waals surface area contributed by atoms with Crippen molar-refractivity contribution in [2.24, 2.45) is 4.99 Å². The summed E-state index contributed by atoms with van der Waals surface area (Å²) in [5.41, 5.74) is 1.94. The lowest BCUT2D eigenvalue weighted by molar-refractivity contribution is -0.108. The standard InChI is InChI=1S/C13H22N2O/c1-4-13(14-5-2)10-8-6-7-9-12(3)15-11-16/h4-5,11H,3,6-10H2,1-2H3,(H,15,16)/b13-4-,14-5?. The summed E-state index contributed by atoms with van der Waals surface area (Å²) in [6, 6.07) is 0. The summed E-state index contributed by atoms with van der Waals surface area (Å²) < 4.78 is 0. The molecule has 0 radical (unpaired) electrons. The zero-order valence-corrected chi connectivity index (χ0v) is 10.3. The lowest BCUT2D eigenvalue weighted by atomic mass is 10.1. The molecule has 90 valence electrons. The van der Waals surface area contributed by atoms with Gasteiger partial charge in [0.15, 0.2) is 0 Å². The van der Waals surface area contributed by atoms with Crippen LogP contribution in [0.1, 0.15) is 46.0 Å². The molecule has 1 N–H and O–H groups in total. The van der Waals surface area contributed by atoms with Crippen LogP contribution in [0.5, 0.6) is 0 Å². The Morgan fingerprint density at radius 1 is 1.25 bits per heavy atom. The molecule has 0 aliphatic rings. The van der Waals surface area contributed by atoms with Crippen molar-refractivity contribution in [3.63, 3.8) is 0 Å². The second-order valence-corrected chi connectivity index (χ2v) is 3.59. The van der Waals surface area contributed by atoms with E-state index in [0.717, 1.165) is 43.5 Å². The summed E-state index contributed by atoms with van der Waals surface area (Å²) >= 11 is 0. The second kappa shape index (κ2) is 10.1. The van der Waals surface area contributed by atoms with E-state index in [9.17, 15) is 4.79 Å². The van der Waals surface area contributed by atoms with Crippen LogP contribution in [-0.2, 0) is 4.79 Å². The molecule has 3 nitrogen and oxygen atoms in total. The van der Waals surface area contributed by atoms with Crippen LogP contribution >= 0.6 is 0 Å². The zero-order chi connectivity index (χ0) is 12.2. The Morgan fingerprint density at radius 3 is 2.50 bits per heavy atom. The van der Waals surface area contributed by atoms with Gasteiger partial charge in [-0.05, 0) is 39.5 Å². The quantitative estimate of drug-likeness (QED) is 0.363. The summed E-state index contributed by atoms with van der Waals surface area (Å²) in [6.07, 6.45) is 9.76. The Bertz CT molecular complexity index is 267. The van der Waals surface area contributed by atoms with E-state index >= 15 is 0 Å². The first-order valence-corrected chi connectivity index (χ1v) is 5.76. The van der Waals surface area contributed by atoms with Gasteiger partial charge in [-0.15, -0.1) is 0 Å². The van der Waals surface area contributed by atoms with E-state index in [1.165, 1.54) is 0 Å². The molecule has 16 heavy (non-hydrogen) atoms. The molecule has 0 unspecified atom stereocenters. The number of rotatable bonds is 9. The van der Waals surface area contributed by atoms with Crippen molar-refractivity contribution in [3.8, 4) is 0 Å². The van der Waals surface area contributed by atoms with Gasteiger partial charge >= 0.3 is 0 Å². The predicted octanol–water partition coefficient (Wildman–Crippen LogP) is 3.19. The molecular formula is C13H22N2O. The van der Waals surface area contributed by atoms with Crippen molar-refractivity contribution in [2.45, 2.75) is 46.0 Å². The van der Waals surface area contributed by atoms with E-state index in [1.54, 1.807) is 0 Å². The molecular weight excluding hydrogens is 200 g/mol. The van der Waals surface area contributed by atoms with Crippen LogP contribution in [0.25, 0.3) is 0 Å². The SMILES string of the molecule is C=C(CCCCC/C(=C/C)N=CC)NC=O. The summed E-state index contributed by atoms with van der Waals surface area (Å²) in [5.74, 6) is 0. The van der Waals surface area contributed by atoms with Crippen molar-refractivity contribution in [2.75, 3.05) is 0 Å². The predicted molar refractivity (Wildman–Crippen MR) is 69.3 cm³/mol. The number of hydrogen-bond acceptors (Lipinski definition) is 2. The largest absolute Gasteiger partial charge is 0.333 e. The average molecular weight is 222 g/mol. The molecule has 0 heterocycles. The lowest BCUT2D eigenvalue weighted by Crippen LogP contribution is -2.08. The molecule has 0 rings (SSSR count). The van der Waals surface area contributed by atoms with Gasteiger partial charge in [-0.1, -0.05) is 19.1 Å². The zero-order valence-electron chi connectivity index (χ0n) is 10.3. The fourth-order valence-corrected chi connectivity index (χ4v) is 1.43. The van der Waals surface area contributed by atoms with Crippen molar-refractivity contribution >= 4 is 12.6 Å². The fraction of sp³-hybridized carbons (Fsp3) is 0.538. The number of aliphatic imine (C=N–C) groups is 1. The molecule has 0 aromatic carbocycles. The molecule has 3 heteroatoms. The number of amides is 1. The molecule has 0 fully saturated rings. The number of hydrogen-bond donors (Lipinski definition) is 1. The molecule has 0 saturated carbocycles. The van der Waals surface area contributed by atoms with Crippen LogP contribution in [0, 0.1) is 0 Å². The molecule has 0 aromatic rings. The number of nitrogens with one attached hydrogen (secondary N) is 1. The Labute approximate surface area is 98.3 Å². The number of unbranched alkanes of at least 4 members (excludes halogenated alkanes) is 2. The smallest absolute Gasteiger partial charge is 0.211 e. The first kappa shape index (κ1) is 14.6. The molecule has 0 aliphatic carbocycles. The maximum absolute atomic E-state index is 10.1. The van der Waals surface area contributed by atoms with Gasteiger partial charge in [0.25, 0.3) is 0 Å². The third-order valence-corrected chi connectivity index (χ3v) is 2.30. The van der Waals surface area contributed by atoms with Gasteiger partial charge in [0.05, 0.1) is 0 Å². The molecule has 0 saturated heterocycles. The normalized spacial score (nSPS) is 11.8. The molecule has 0 bridgehead atoms. The van der Waals surface area contributed by atoms with E-state index < -0.39 is 0 Å². The van der Waals surface area contributed by atoms with Crippen molar-refractivity contribution < 1.29 is 4.79 Å². The van der Waals surface area contributed by atoms with Gasteiger partial charge in [0.1, 0.15) is 0 Å². The minimum Gasteiger partial charge on any atom is -0.333 e. The van der Waals surface area contributed by atoms with Crippen molar-refractivity contribution in [3.05, 3.63) is 24.0 Å². The molecule has 0 atom stereocenters. The third kappa shape index (κ3) is 7.97. The maximum Gasteiger partial charge on any atom is 0.211 e. The summed E-state index contributed by atoms with van der Waals surface area (Å²) in [4.78, 5) is 14.4. The number of carbonyl (C=O) groups excluding carboxylic acids is 1. The van der Waals surface area contributed by atoms with Crippen LogP contribution < -0.4 is 5.32 Å². The van der Waals surface area contributed by atoms with Gasteiger partial charge < -0.3 is 5.32 Å². The van der Waals surface area contributed by atoms with Crippen LogP contribution in [0.3, 0.4) is 0 Å². The monoisotopic (exact) mass is 222 g/mol. The number of allylic oxidation sites excluding steroid dienone is 3. The van der Waals surface area contributed by atoms with E-state index in [2.05, 4.69) is 16.9 Å². The Balaban J connectivity index is 3.53. The van der Waals surface area contributed by atoms with Crippen LogP contribution in [0.4, 0.5) is 0 Å². The fourth-order valence-electron chi connectivity index (χ4n) is 1.43. The van der Waals surface area contributed by atoms with E-state index in [0.29, 0.717) is 6.41 Å². The van der Waals surface area contributed by atoms with Gasteiger partial charge in [-0.25, -0.2) is 0 Å². The second-order valence-electron chi connectivity index (χ2n) is 3.59. The lowest BCUT2D eigenvalue weighted by Gasteiger charge is -2.04. The van der Waals surface area contributed by atoms with Crippen molar-refractivity contribution in [1.29, 1.82) is 0 Å². The van der Waals surface area contributed by atoms with Gasteiger partial charge in [0, 0.05) is 17.6 Å². The number of carbonyl (C=O) groups is 1. The average Bonchev–Trinajstić information content (AvgIpc) is 2.27. The highest BCUT2D eigenvalue weighted by molar-refractivity contribution is 5.55. The third-order valence-electron chi connectivity index (χ3n) is 2.30. The number of nitrogens with zero attached hydrogens (tertiary/aromatic N) is 1. The highest BCUT2D eigenvalue weighted by Crippen LogP contribution is 2.12. The van der Waals surface area contributed by atoms with Crippen molar-refractivity contribution in [1.82, 2.24) is 5.32 Å². The highest BCUT2D eigenvalue weighted by Gasteiger charge is 1.95. The van der Waals surface area contributed by atoms with Gasteiger partial charge in [-0.3, -0.25) is 9.79 Å². The Hall–Kier alpha value is -1.38. The first-order chi connectivity index (χ1) is 7.74. The first-order valence-electron chi connectivity index (χ1n) is 5.76. The minimum atomic E-state index is 0.677. The maximum atomic E-state index is 10.1. The van der Waals surface area contributed by atoms with Crippen LogP contribution in [-0.4, -0.2) is 12.6 Å². The summed E-state index contributed by atoms with van der Waals surface area (Å²) in [5, 5.41) is 2.57. The molecule has 0 spiro atoms. The van der Waals surface area contributed by atoms with E-state index in [4.69, 9.17) is 0 Å². The van der Waals surface area contributed by atoms with Crippen LogP contribution in [0.15, 0.2) is 29.0 Å². The van der Waals surface area contributed by atoms with E-state index in [-0.39, 0.29) is 0 Å². The molecule has 1 amide bonds. The molecule has 0 aliphatic heterocycles. The summed E-state index contributed by atoms with van der Waals surface area (Å²) in [6.45, 7) is 7.69. The Kier molecular flexibility index (Phi) is 9.27. The minimum absolute atomic E-state index is 0.677. The molecule has 0 aromatic heterocycles. The van der Waals surface area contributed by atoms with Crippen LogP contribution in [0.2, 0.25) is 0 Å². The van der Waals surface area contributed by atoms with E-state index in [1.807, 2.05) is 26.1 Å². The highest BCUT2D eigenvalue weighted by atomic mass is 16.1. The Morgan fingerprint density at radius 2 is 1.94 bits per heavy atom. The summed E-state index contributed by atoms with van der Waals surface area (Å²) in [7, 11) is 0. The van der Waals surface area contributed by atoms with Gasteiger partial charge in [-0.2, -0.15) is 0 Å². The van der Waals surface area contributed by atoms with Gasteiger partial charge in [0.2, 0.25) is 6.41 Å². The topological polar surface area (TPSA) is 41.5 Å².